The van der Waals surface area contributed by atoms with Crippen molar-refractivity contribution in [3.63, 3.8) is 0 Å². The van der Waals surface area contributed by atoms with Gasteiger partial charge < -0.3 is 4.90 Å². The number of carbonyl (C=O) groups excluding carboxylic acids is 1. The average Bonchev–Trinajstić information content (AvgIpc) is 2.48. The summed E-state index contributed by atoms with van der Waals surface area (Å²) in [5, 5.41) is 0. The van der Waals surface area contributed by atoms with E-state index < -0.39 is 0 Å². The van der Waals surface area contributed by atoms with Crippen LogP contribution >= 0.6 is 0 Å². The van der Waals surface area contributed by atoms with Crippen LogP contribution in [0, 0.1) is 6.92 Å². The Bertz CT molecular complexity index is 545. The number of anilines is 1. The lowest BCUT2D eigenvalue weighted by atomic mass is 10.1. The van der Waals surface area contributed by atoms with Crippen LogP contribution in [-0.2, 0) is 0 Å². The molecule has 0 spiro atoms. The van der Waals surface area contributed by atoms with Crippen LogP contribution in [0.5, 0.6) is 0 Å². The van der Waals surface area contributed by atoms with E-state index in [1.807, 2.05) is 30.3 Å². The van der Waals surface area contributed by atoms with Gasteiger partial charge in [0.2, 0.25) is 0 Å². The van der Waals surface area contributed by atoms with Crippen LogP contribution in [0.15, 0.2) is 54.6 Å². The van der Waals surface area contributed by atoms with Crippen LogP contribution in [0.2, 0.25) is 0 Å². The number of carbonyl (C=O) groups is 1. The summed E-state index contributed by atoms with van der Waals surface area (Å²) >= 11 is 0. The summed E-state index contributed by atoms with van der Waals surface area (Å²) in [4.78, 5) is 14.2. The first-order chi connectivity index (χ1) is 9.66. The molecule has 2 aromatic rings. The normalized spacial score (nSPS) is 10.3. The Morgan fingerprint density at radius 3 is 2.30 bits per heavy atom. The van der Waals surface area contributed by atoms with E-state index in [9.17, 15) is 4.79 Å². The zero-order chi connectivity index (χ0) is 14.4. The highest BCUT2D eigenvalue weighted by Gasteiger charge is 2.06. The Hall–Kier alpha value is -2.09. The van der Waals surface area contributed by atoms with E-state index in [4.69, 9.17) is 0 Å². The van der Waals surface area contributed by atoms with Gasteiger partial charge >= 0.3 is 0 Å². The van der Waals surface area contributed by atoms with Crippen molar-refractivity contribution >= 4 is 11.5 Å². The second kappa shape index (κ2) is 6.90. The van der Waals surface area contributed by atoms with Crippen molar-refractivity contribution in [1.82, 2.24) is 0 Å². The lowest BCUT2D eigenvalue weighted by molar-refractivity contribution is 0.0981. The third kappa shape index (κ3) is 3.95. The van der Waals surface area contributed by atoms with Gasteiger partial charge in [0.1, 0.15) is 0 Å². The molecule has 0 aromatic heterocycles. The van der Waals surface area contributed by atoms with Crippen molar-refractivity contribution in [2.75, 3.05) is 18.5 Å². The Morgan fingerprint density at radius 2 is 1.65 bits per heavy atom. The highest BCUT2D eigenvalue weighted by atomic mass is 16.1. The quantitative estimate of drug-likeness (QED) is 0.735. The summed E-state index contributed by atoms with van der Waals surface area (Å²) in [6, 6.07) is 18.0. The molecule has 2 aromatic carbocycles. The molecule has 0 amide bonds. The second-order valence-electron chi connectivity index (χ2n) is 5.15. The fourth-order valence-electron chi connectivity index (χ4n) is 2.17. The maximum atomic E-state index is 12.0. The highest BCUT2D eigenvalue weighted by molar-refractivity contribution is 5.95. The maximum absolute atomic E-state index is 12.0. The third-order valence-corrected chi connectivity index (χ3v) is 3.47. The first-order valence-electron chi connectivity index (χ1n) is 7.03. The van der Waals surface area contributed by atoms with Gasteiger partial charge in [-0.25, -0.2) is 0 Å². The number of benzene rings is 2. The maximum Gasteiger partial charge on any atom is 0.162 e. The van der Waals surface area contributed by atoms with Gasteiger partial charge in [0.05, 0.1) is 0 Å². The second-order valence-corrected chi connectivity index (χ2v) is 5.15. The van der Waals surface area contributed by atoms with Crippen LogP contribution in [-0.4, -0.2) is 19.4 Å². The summed E-state index contributed by atoms with van der Waals surface area (Å²) in [6.45, 7) is 2.98. The molecule has 0 saturated carbocycles. The number of hydrogen-bond donors (Lipinski definition) is 0. The zero-order valence-electron chi connectivity index (χ0n) is 12.2. The molecule has 0 aliphatic rings. The predicted molar refractivity (Wildman–Crippen MR) is 84.5 cm³/mol. The average molecular weight is 267 g/mol. The zero-order valence-corrected chi connectivity index (χ0v) is 12.2. The minimum Gasteiger partial charge on any atom is -0.375 e. The van der Waals surface area contributed by atoms with Gasteiger partial charge in [-0.3, -0.25) is 4.79 Å². The van der Waals surface area contributed by atoms with Crippen molar-refractivity contribution < 1.29 is 4.79 Å². The molecule has 0 saturated heterocycles. The van der Waals surface area contributed by atoms with Gasteiger partial charge in [-0.1, -0.05) is 48.0 Å². The molecule has 0 unspecified atom stereocenters. The topological polar surface area (TPSA) is 20.3 Å². The molecule has 2 nitrogen and oxygen atoms in total. The molecule has 2 rings (SSSR count). The van der Waals surface area contributed by atoms with Crippen molar-refractivity contribution in [3.8, 4) is 0 Å². The fourth-order valence-corrected chi connectivity index (χ4v) is 2.17. The van der Waals surface area contributed by atoms with Crippen molar-refractivity contribution in [2.45, 2.75) is 19.8 Å². The Labute approximate surface area is 121 Å². The van der Waals surface area contributed by atoms with Gasteiger partial charge in [-0.05, 0) is 25.5 Å². The monoisotopic (exact) mass is 267 g/mol. The van der Waals surface area contributed by atoms with Crippen molar-refractivity contribution in [1.29, 1.82) is 0 Å². The van der Waals surface area contributed by atoms with Crippen LogP contribution < -0.4 is 4.90 Å². The molecule has 2 heteroatoms. The predicted octanol–water partition coefficient (Wildman–Crippen LogP) is 4.09. The number of aryl methyl sites for hydroxylation is 1. The van der Waals surface area contributed by atoms with Crippen molar-refractivity contribution in [2.24, 2.45) is 0 Å². The summed E-state index contributed by atoms with van der Waals surface area (Å²) in [5.41, 5.74) is 3.27. The first kappa shape index (κ1) is 14.3. The summed E-state index contributed by atoms with van der Waals surface area (Å²) in [6.07, 6.45) is 1.47. The summed E-state index contributed by atoms with van der Waals surface area (Å²) < 4.78 is 0. The SMILES string of the molecule is Cc1ccc(N(C)CCCC(=O)c2ccccc2)cc1. The highest BCUT2D eigenvalue weighted by Crippen LogP contribution is 2.14. The largest absolute Gasteiger partial charge is 0.375 e. The van der Waals surface area contributed by atoms with Crippen LogP contribution in [0.25, 0.3) is 0 Å². The molecular formula is C18H21NO. The molecular weight excluding hydrogens is 246 g/mol. The summed E-state index contributed by atoms with van der Waals surface area (Å²) in [7, 11) is 2.07. The molecule has 0 radical (unpaired) electrons. The third-order valence-electron chi connectivity index (χ3n) is 3.47. The molecule has 104 valence electrons. The molecule has 0 atom stereocenters. The van der Waals surface area contributed by atoms with Crippen LogP contribution in [0.3, 0.4) is 0 Å². The number of ketones is 1. The molecule has 0 fully saturated rings. The van der Waals surface area contributed by atoms with E-state index >= 15 is 0 Å². The Morgan fingerprint density at radius 1 is 1.00 bits per heavy atom. The molecule has 20 heavy (non-hydrogen) atoms. The van der Waals surface area contributed by atoms with Crippen LogP contribution in [0.1, 0.15) is 28.8 Å². The number of Topliss-reactive ketones (excluding diaryl/α,β-unsaturated/α-hetero) is 1. The smallest absolute Gasteiger partial charge is 0.162 e. The number of hydrogen-bond acceptors (Lipinski definition) is 2. The van der Waals surface area contributed by atoms with Gasteiger partial charge in [0.25, 0.3) is 0 Å². The molecule has 0 aliphatic heterocycles. The van der Waals surface area contributed by atoms with Gasteiger partial charge in [-0.15, -0.1) is 0 Å². The fraction of sp³-hybridized carbons (Fsp3) is 0.278. The Kier molecular flexibility index (Phi) is 4.94. The van der Waals surface area contributed by atoms with E-state index in [1.165, 1.54) is 11.3 Å². The van der Waals surface area contributed by atoms with E-state index in [-0.39, 0.29) is 5.78 Å². The van der Waals surface area contributed by atoms with Gasteiger partial charge in [0.15, 0.2) is 5.78 Å². The Balaban J connectivity index is 1.81. The number of nitrogens with zero attached hydrogens (tertiary/aromatic N) is 1. The molecule has 0 N–H and O–H groups in total. The lowest BCUT2D eigenvalue weighted by Crippen LogP contribution is -2.19. The van der Waals surface area contributed by atoms with E-state index in [0.717, 1.165) is 18.5 Å². The van der Waals surface area contributed by atoms with E-state index in [1.54, 1.807) is 0 Å². The van der Waals surface area contributed by atoms with Gasteiger partial charge in [0, 0.05) is 31.3 Å². The minimum atomic E-state index is 0.225. The standard InChI is InChI=1S/C18H21NO/c1-15-10-12-17(13-11-15)19(2)14-6-9-18(20)16-7-4-3-5-8-16/h3-5,7-8,10-13H,6,9,14H2,1-2H3. The first-order valence-corrected chi connectivity index (χ1v) is 7.03. The summed E-state index contributed by atoms with van der Waals surface area (Å²) in [5.74, 6) is 0.225. The van der Waals surface area contributed by atoms with E-state index in [2.05, 4.69) is 43.1 Å². The van der Waals surface area contributed by atoms with E-state index in [0.29, 0.717) is 6.42 Å². The van der Waals surface area contributed by atoms with Crippen molar-refractivity contribution in [3.05, 3.63) is 65.7 Å². The van der Waals surface area contributed by atoms with Crippen LogP contribution in [0.4, 0.5) is 5.69 Å². The molecule has 0 heterocycles. The lowest BCUT2D eigenvalue weighted by Gasteiger charge is -2.19. The minimum absolute atomic E-state index is 0.225. The molecule has 0 bridgehead atoms. The molecule has 0 aliphatic carbocycles. The van der Waals surface area contributed by atoms with Gasteiger partial charge in [-0.2, -0.15) is 0 Å². The number of rotatable bonds is 6.